The largest absolute Gasteiger partial charge is 0.494 e. The molecule has 2 rings (SSSR count). The molecule has 1 heterocycles. The average Bonchev–Trinajstić information content (AvgIpc) is 2.30. The third-order valence-electron chi connectivity index (χ3n) is 2.50. The van der Waals surface area contributed by atoms with E-state index in [-0.39, 0.29) is 11.9 Å². The molecule has 82 valence electrons. The molecule has 1 aromatic carbocycles. The third kappa shape index (κ3) is 2.44. The van der Waals surface area contributed by atoms with Crippen molar-refractivity contribution in [1.82, 2.24) is 5.32 Å². The van der Waals surface area contributed by atoms with E-state index >= 15 is 0 Å². The van der Waals surface area contributed by atoms with Gasteiger partial charge in [-0.15, -0.1) is 0 Å². The van der Waals surface area contributed by atoms with Gasteiger partial charge in [0.1, 0.15) is 0 Å². The lowest BCUT2D eigenvalue weighted by molar-refractivity contribution is 0.385. The van der Waals surface area contributed by atoms with E-state index in [0.717, 1.165) is 23.6 Å². The van der Waals surface area contributed by atoms with Gasteiger partial charge in [-0.05, 0) is 17.7 Å². The molecule has 0 aliphatic carbocycles. The maximum absolute atomic E-state index is 13.4. The zero-order valence-electron chi connectivity index (χ0n) is 8.63. The Kier molecular flexibility index (Phi) is 3.49. The molecule has 1 atom stereocenters. The quantitative estimate of drug-likeness (QED) is 0.837. The zero-order chi connectivity index (χ0) is 10.7. The van der Waals surface area contributed by atoms with Crippen LogP contribution in [0.3, 0.4) is 0 Å². The second-order valence-electron chi connectivity index (χ2n) is 3.48. The predicted octanol–water partition coefficient (Wildman–Crippen LogP) is 2.21. The van der Waals surface area contributed by atoms with E-state index < -0.39 is 0 Å². The van der Waals surface area contributed by atoms with Crippen molar-refractivity contribution in [2.24, 2.45) is 0 Å². The van der Waals surface area contributed by atoms with Gasteiger partial charge >= 0.3 is 0 Å². The Morgan fingerprint density at radius 3 is 3.00 bits per heavy atom. The van der Waals surface area contributed by atoms with Gasteiger partial charge in [-0.3, -0.25) is 0 Å². The number of nitrogens with one attached hydrogen (secondary N) is 1. The highest BCUT2D eigenvalue weighted by Crippen LogP contribution is 2.25. The minimum absolute atomic E-state index is 0.268. The molecule has 1 saturated heterocycles. The van der Waals surface area contributed by atoms with E-state index in [4.69, 9.17) is 4.74 Å². The van der Waals surface area contributed by atoms with Gasteiger partial charge in [0.05, 0.1) is 7.11 Å². The summed E-state index contributed by atoms with van der Waals surface area (Å²) in [6.07, 6.45) is 0. The Balaban J connectivity index is 2.17. The molecule has 1 aliphatic rings. The fourth-order valence-electron chi connectivity index (χ4n) is 1.68. The SMILES string of the molecule is COc1ccc(C2CSCCN2)cc1F. The van der Waals surface area contributed by atoms with E-state index in [0.29, 0.717) is 5.75 Å². The average molecular weight is 227 g/mol. The minimum atomic E-state index is -0.285. The van der Waals surface area contributed by atoms with Crippen LogP contribution in [0.4, 0.5) is 4.39 Å². The summed E-state index contributed by atoms with van der Waals surface area (Å²) in [7, 11) is 1.48. The number of rotatable bonds is 2. The number of methoxy groups -OCH3 is 1. The van der Waals surface area contributed by atoms with Gasteiger partial charge in [0, 0.05) is 24.1 Å². The summed E-state index contributed by atoms with van der Waals surface area (Å²) in [5.41, 5.74) is 1.00. The monoisotopic (exact) mass is 227 g/mol. The van der Waals surface area contributed by atoms with Crippen molar-refractivity contribution in [3.05, 3.63) is 29.6 Å². The van der Waals surface area contributed by atoms with E-state index in [1.807, 2.05) is 17.8 Å². The highest BCUT2D eigenvalue weighted by molar-refractivity contribution is 7.99. The lowest BCUT2D eigenvalue weighted by atomic mass is 10.1. The van der Waals surface area contributed by atoms with Crippen LogP contribution in [0, 0.1) is 5.82 Å². The van der Waals surface area contributed by atoms with E-state index in [2.05, 4.69) is 5.32 Å². The van der Waals surface area contributed by atoms with Crippen molar-refractivity contribution >= 4 is 11.8 Å². The molecular weight excluding hydrogens is 213 g/mol. The van der Waals surface area contributed by atoms with Crippen LogP contribution in [0.25, 0.3) is 0 Å². The third-order valence-corrected chi connectivity index (χ3v) is 3.56. The molecule has 0 aromatic heterocycles. The van der Waals surface area contributed by atoms with E-state index in [1.54, 1.807) is 12.1 Å². The number of hydrogen-bond donors (Lipinski definition) is 1. The first-order valence-electron chi connectivity index (χ1n) is 4.96. The lowest BCUT2D eigenvalue weighted by Gasteiger charge is -2.23. The van der Waals surface area contributed by atoms with E-state index in [1.165, 1.54) is 7.11 Å². The Hall–Kier alpha value is -0.740. The second-order valence-corrected chi connectivity index (χ2v) is 4.63. The summed E-state index contributed by atoms with van der Waals surface area (Å²) in [4.78, 5) is 0. The molecule has 0 bridgehead atoms. The topological polar surface area (TPSA) is 21.3 Å². The first-order chi connectivity index (χ1) is 7.31. The molecule has 1 N–H and O–H groups in total. The molecule has 2 nitrogen and oxygen atoms in total. The first kappa shape index (κ1) is 10.8. The minimum Gasteiger partial charge on any atom is -0.494 e. The van der Waals surface area contributed by atoms with Gasteiger partial charge in [0.15, 0.2) is 11.6 Å². The van der Waals surface area contributed by atoms with Gasteiger partial charge in [-0.1, -0.05) is 6.07 Å². The summed E-state index contributed by atoms with van der Waals surface area (Å²) < 4.78 is 18.3. The smallest absolute Gasteiger partial charge is 0.165 e. The number of ether oxygens (including phenoxy) is 1. The Morgan fingerprint density at radius 1 is 1.53 bits per heavy atom. The van der Waals surface area contributed by atoms with Crippen molar-refractivity contribution in [3.8, 4) is 5.75 Å². The maximum Gasteiger partial charge on any atom is 0.165 e. The Morgan fingerprint density at radius 2 is 2.40 bits per heavy atom. The molecule has 0 spiro atoms. The van der Waals surface area contributed by atoms with Gasteiger partial charge in [-0.2, -0.15) is 11.8 Å². The summed E-state index contributed by atoms with van der Waals surface area (Å²) in [6.45, 7) is 0.989. The lowest BCUT2D eigenvalue weighted by Crippen LogP contribution is -2.30. The van der Waals surface area contributed by atoms with E-state index in [9.17, 15) is 4.39 Å². The molecule has 1 aliphatic heterocycles. The van der Waals surface area contributed by atoms with Gasteiger partial charge in [-0.25, -0.2) is 4.39 Å². The van der Waals surface area contributed by atoms with Crippen LogP contribution >= 0.6 is 11.8 Å². The normalized spacial score (nSPS) is 21.3. The number of benzene rings is 1. The van der Waals surface area contributed by atoms with Crippen molar-refractivity contribution in [2.45, 2.75) is 6.04 Å². The van der Waals surface area contributed by atoms with Crippen LogP contribution in [0.5, 0.6) is 5.75 Å². The zero-order valence-corrected chi connectivity index (χ0v) is 9.44. The van der Waals surface area contributed by atoms with Gasteiger partial charge in [0.25, 0.3) is 0 Å². The molecule has 1 aromatic rings. The Labute approximate surface area is 93.2 Å². The standard InChI is InChI=1S/C11H14FNOS/c1-14-11-3-2-8(6-9(11)12)10-7-15-5-4-13-10/h2-3,6,10,13H,4-5,7H2,1H3. The van der Waals surface area contributed by atoms with Crippen molar-refractivity contribution in [2.75, 3.05) is 25.2 Å². The molecule has 0 radical (unpaired) electrons. The van der Waals surface area contributed by atoms with Crippen LogP contribution in [0.15, 0.2) is 18.2 Å². The summed E-state index contributed by atoms with van der Waals surface area (Å²) >= 11 is 1.90. The maximum atomic E-state index is 13.4. The summed E-state index contributed by atoms with van der Waals surface area (Å²) in [5.74, 6) is 2.16. The highest BCUT2D eigenvalue weighted by atomic mass is 32.2. The summed E-state index contributed by atoms with van der Waals surface area (Å²) in [5, 5.41) is 3.37. The predicted molar refractivity (Wildman–Crippen MR) is 61.0 cm³/mol. The molecule has 4 heteroatoms. The van der Waals surface area contributed by atoms with Crippen LogP contribution in [-0.4, -0.2) is 25.2 Å². The second kappa shape index (κ2) is 4.86. The molecule has 1 unspecified atom stereocenters. The van der Waals surface area contributed by atoms with Crippen molar-refractivity contribution in [1.29, 1.82) is 0 Å². The van der Waals surface area contributed by atoms with Crippen LogP contribution in [-0.2, 0) is 0 Å². The fraction of sp³-hybridized carbons (Fsp3) is 0.455. The van der Waals surface area contributed by atoms with Crippen molar-refractivity contribution < 1.29 is 9.13 Å². The molecule has 0 saturated carbocycles. The van der Waals surface area contributed by atoms with Crippen LogP contribution in [0.1, 0.15) is 11.6 Å². The van der Waals surface area contributed by atoms with Crippen molar-refractivity contribution in [3.63, 3.8) is 0 Å². The van der Waals surface area contributed by atoms with Gasteiger partial charge < -0.3 is 10.1 Å². The molecule has 0 amide bonds. The van der Waals surface area contributed by atoms with Crippen LogP contribution < -0.4 is 10.1 Å². The Bertz CT molecular complexity index is 339. The van der Waals surface area contributed by atoms with Crippen LogP contribution in [0.2, 0.25) is 0 Å². The first-order valence-corrected chi connectivity index (χ1v) is 6.11. The summed E-state index contributed by atoms with van der Waals surface area (Å²) in [6, 6.07) is 5.43. The molecule has 15 heavy (non-hydrogen) atoms. The number of hydrogen-bond acceptors (Lipinski definition) is 3. The van der Waals surface area contributed by atoms with Gasteiger partial charge in [0.2, 0.25) is 0 Å². The fourth-order valence-corrected chi connectivity index (χ4v) is 2.65. The molecular formula is C11H14FNOS. The highest BCUT2D eigenvalue weighted by Gasteiger charge is 2.16. The molecule has 1 fully saturated rings. The number of halogens is 1. The number of thioether (sulfide) groups is 1.